The van der Waals surface area contributed by atoms with Crippen LogP contribution in [0.3, 0.4) is 0 Å². The zero-order chi connectivity index (χ0) is 6.69. The van der Waals surface area contributed by atoms with Gasteiger partial charge in [-0.15, -0.1) is 0 Å². The summed E-state index contributed by atoms with van der Waals surface area (Å²) in [4.78, 5) is 0. The van der Waals surface area contributed by atoms with Crippen molar-refractivity contribution in [2.75, 3.05) is 0 Å². The summed E-state index contributed by atoms with van der Waals surface area (Å²) in [7, 11) is 0. The molecular weight excluding hydrogens is 120 g/mol. The highest BCUT2D eigenvalue weighted by atomic mass is 16.4. The first kappa shape index (κ1) is 6.32. The molecule has 1 aromatic rings. The van der Waals surface area contributed by atoms with E-state index in [1.54, 1.807) is 6.07 Å². The lowest BCUT2D eigenvalue weighted by Gasteiger charge is -1.80. The summed E-state index contributed by atoms with van der Waals surface area (Å²) in [5.74, 6) is 0.485. The maximum absolute atomic E-state index is 8.50. The molecule has 0 atom stereocenters. The fraction of sp³-hybridized carbons (Fsp3) is 0.333. The molecule has 0 spiro atoms. The van der Waals surface area contributed by atoms with E-state index < -0.39 is 0 Å². The zero-order valence-electron chi connectivity index (χ0n) is 4.87. The Morgan fingerprint density at radius 3 is 2.44 bits per heavy atom. The largest absolute Gasteiger partial charge is 0.467 e. The van der Waals surface area contributed by atoms with Crippen LogP contribution in [-0.2, 0) is 13.2 Å². The van der Waals surface area contributed by atoms with E-state index >= 15 is 0 Å². The molecule has 0 aliphatic rings. The smallest absolute Gasteiger partial charge is 0.129 e. The Kier molecular flexibility index (Phi) is 1.87. The van der Waals surface area contributed by atoms with Crippen molar-refractivity contribution in [1.82, 2.24) is 0 Å². The second-order valence-corrected chi connectivity index (χ2v) is 1.74. The molecular formula is C6H8O3. The van der Waals surface area contributed by atoms with Gasteiger partial charge in [0.25, 0.3) is 0 Å². The highest BCUT2D eigenvalue weighted by Gasteiger charge is 1.96. The number of rotatable bonds is 2. The topological polar surface area (TPSA) is 53.6 Å². The van der Waals surface area contributed by atoms with E-state index in [9.17, 15) is 0 Å². The third-order valence-electron chi connectivity index (χ3n) is 1.05. The third kappa shape index (κ3) is 1.31. The number of hydrogen-bond donors (Lipinski definition) is 2. The van der Waals surface area contributed by atoms with Gasteiger partial charge >= 0.3 is 0 Å². The number of aliphatic hydroxyl groups excluding tert-OH is 2. The normalized spacial score (nSPS) is 10.0. The van der Waals surface area contributed by atoms with Crippen LogP contribution >= 0.6 is 0 Å². The fourth-order valence-electron chi connectivity index (χ4n) is 0.592. The lowest BCUT2D eigenvalue weighted by Crippen LogP contribution is -1.76. The SMILES string of the molecule is OCc1coc(CO)c1. The van der Waals surface area contributed by atoms with Crippen LogP contribution in [0.1, 0.15) is 11.3 Å². The van der Waals surface area contributed by atoms with E-state index in [0.717, 1.165) is 0 Å². The monoisotopic (exact) mass is 128 g/mol. The number of aliphatic hydroxyl groups is 2. The quantitative estimate of drug-likeness (QED) is 0.600. The van der Waals surface area contributed by atoms with Gasteiger partial charge in [-0.3, -0.25) is 0 Å². The van der Waals surface area contributed by atoms with Gasteiger partial charge in [-0.25, -0.2) is 0 Å². The zero-order valence-corrected chi connectivity index (χ0v) is 4.87. The Labute approximate surface area is 52.5 Å². The Bertz CT molecular complexity index is 162. The van der Waals surface area contributed by atoms with Gasteiger partial charge in [0.2, 0.25) is 0 Å². The molecule has 1 aromatic heterocycles. The molecule has 3 heteroatoms. The summed E-state index contributed by atoms with van der Waals surface area (Å²) in [6.07, 6.45) is 1.42. The Morgan fingerprint density at radius 2 is 2.11 bits per heavy atom. The van der Waals surface area contributed by atoms with E-state index in [0.29, 0.717) is 11.3 Å². The molecule has 0 unspecified atom stereocenters. The minimum atomic E-state index is -0.111. The lowest BCUT2D eigenvalue weighted by atomic mass is 10.3. The molecule has 0 bridgehead atoms. The average Bonchev–Trinajstić information content (AvgIpc) is 2.34. The molecule has 0 aromatic carbocycles. The predicted octanol–water partition coefficient (Wildman–Crippen LogP) is 0.264. The molecule has 1 heterocycles. The second kappa shape index (κ2) is 2.66. The van der Waals surface area contributed by atoms with Crippen molar-refractivity contribution in [2.45, 2.75) is 13.2 Å². The van der Waals surface area contributed by atoms with Crippen molar-refractivity contribution >= 4 is 0 Å². The Balaban J connectivity index is 2.74. The molecule has 9 heavy (non-hydrogen) atoms. The van der Waals surface area contributed by atoms with Crippen molar-refractivity contribution < 1.29 is 14.6 Å². The van der Waals surface area contributed by atoms with E-state index in [2.05, 4.69) is 0 Å². The van der Waals surface area contributed by atoms with Crippen LogP contribution in [0, 0.1) is 0 Å². The van der Waals surface area contributed by atoms with Gasteiger partial charge in [-0.05, 0) is 6.07 Å². The first-order valence-corrected chi connectivity index (χ1v) is 2.65. The van der Waals surface area contributed by atoms with Crippen molar-refractivity contribution in [3.63, 3.8) is 0 Å². The van der Waals surface area contributed by atoms with Crippen LogP contribution in [0.5, 0.6) is 0 Å². The lowest BCUT2D eigenvalue weighted by molar-refractivity contribution is 0.247. The maximum Gasteiger partial charge on any atom is 0.129 e. The van der Waals surface area contributed by atoms with Crippen molar-refractivity contribution in [1.29, 1.82) is 0 Å². The van der Waals surface area contributed by atoms with Crippen molar-refractivity contribution in [3.05, 3.63) is 23.7 Å². The molecule has 50 valence electrons. The first-order chi connectivity index (χ1) is 4.36. The molecule has 0 aliphatic heterocycles. The van der Waals surface area contributed by atoms with E-state index in [-0.39, 0.29) is 13.2 Å². The van der Waals surface area contributed by atoms with Crippen LogP contribution in [0.25, 0.3) is 0 Å². The van der Waals surface area contributed by atoms with Crippen LogP contribution in [0.2, 0.25) is 0 Å². The molecule has 0 radical (unpaired) electrons. The predicted molar refractivity (Wildman–Crippen MR) is 30.6 cm³/mol. The summed E-state index contributed by atoms with van der Waals surface area (Å²) >= 11 is 0. The van der Waals surface area contributed by atoms with Crippen LogP contribution in [0.15, 0.2) is 16.7 Å². The van der Waals surface area contributed by atoms with Gasteiger partial charge in [-0.1, -0.05) is 0 Å². The van der Waals surface area contributed by atoms with Gasteiger partial charge in [0.15, 0.2) is 0 Å². The van der Waals surface area contributed by atoms with Gasteiger partial charge in [0, 0.05) is 5.56 Å². The van der Waals surface area contributed by atoms with E-state index in [4.69, 9.17) is 14.6 Å². The van der Waals surface area contributed by atoms with Gasteiger partial charge in [0.05, 0.1) is 12.9 Å². The van der Waals surface area contributed by atoms with Gasteiger partial charge in [0.1, 0.15) is 12.4 Å². The highest BCUT2D eigenvalue weighted by molar-refractivity contribution is 5.10. The summed E-state index contributed by atoms with van der Waals surface area (Å²) in [6.45, 7) is -0.149. The van der Waals surface area contributed by atoms with Crippen LogP contribution in [0.4, 0.5) is 0 Å². The van der Waals surface area contributed by atoms with E-state index in [1.165, 1.54) is 6.26 Å². The first-order valence-electron chi connectivity index (χ1n) is 2.65. The van der Waals surface area contributed by atoms with Crippen LogP contribution in [-0.4, -0.2) is 10.2 Å². The number of hydrogen-bond acceptors (Lipinski definition) is 3. The van der Waals surface area contributed by atoms with Crippen LogP contribution < -0.4 is 0 Å². The molecule has 1 rings (SSSR count). The Morgan fingerprint density at radius 1 is 1.33 bits per heavy atom. The Hall–Kier alpha value is -0.800. The molecule has 0 amide bonds. The maximum atomic E-state index is 8.50. The summed E-state index contributed by atoms with van der Waals surface area (Å²) in [5, 5.41) is 17.0. The third-order valence-corrected chi connectivity index (χ3v) is 1.05. The molecule has 0 aliphatic carbocycles. The molecule has 2 N–H and O–H groups in total. The number of furan rings is 1. The summed E-state index contributed by atoms with van der Waals surface area (Å²) in [5.41, 5.74) is 0.694. The summed E-state index contributed by atoms with van der Waals surface area (Å²) in [6, 6.07) is 1.61. The molecule has 0 fully saturated rings. The second-order valence-electron chi connectivity index (χ2n) is 1.74. The standard InChI is InChI=1S/C6H8O3/c7-2-5-1-6(3-8)9-4-5/h1,4,7-8H,2-3H2. The minimum absolute atomic E-state index is 0.0382. The van der Waals surface area contributed by atoms with Gasteiger partial charge in [-0.2, -0.15) is 0 Å². The molecule has 0 saturated carbocycles. The van der Waals surface area contributed by atoms with Crippen molar-refractivity contribution in [3.8, 4) is 0 Å². The minimum Gasteiger partial charge on any atom is -0.467 e. The van der Waals surface area contributed by atoms with E-state index in [1.807, 2.05) is 0 Å². The van der Waals surface area contributed by atoms with Gasteiger partial charge < -0.3 is 14.6 Å². The average molecular weight is 128 g/mol. The van der Waals surface area contributed by atoms with Crippen molar-refractivity contribution in [2.24, 2.45) is 0 Å². The summed E-state index contributed by atoms with van der Waals surface area (Å²) < 4.78 is 4.79. The fourth-order valence-corrected chi connectivity index (χ4v) is 0.592. The molecule has 3 nitrogen and oxygen atoms in total. The molecule has 0 saturated heterocycles. The highest BCUT2D eigenvalue weighted by Crippen LogP contribution is 2.06.